The van der Waals surface area contributed by atoms with E-state index < -0.39 is 0 Å². The molecule has 0 saturated carbocycles. The standard InChI is InChI=1S/C14H11N3O/c1-11(12-7-3-2-4-8-12)18-17-14-10-6-5-9-13(14)15-16-17/h2-10H,1H2. The lowest BCUT2D eigenvalue weighted by atomic mass is 10.2. The first kappa shape index (κ1) is 10.5. The zero-order valence-corrected chi connectivity index (χ0v) is 9.65. The van der Waals surface area contributed by atoms with Crippen molar-refractivity contribution in [1.82, 2.24) is 15.2 Å². The molecule has 18 heavy (non-hydrogen) atoms. The number of hydrogen-bond donors (Lipinski definition) is 0. The Morgan fingerprint density at radius 2 is 1.72 bits per heavy atom. The first-order valence-electron chi connectivity index (χ1n) is 5.58. The van der Waals surface area contributed by atoms with Crippen molar-refractivity contribution in [1.29, 1.82) is 0 Å². The highest BCUT2D eigenvalue weighted by Gasteiger charge is 2.06. The Kier molecular flexibility index (Phi) is 2.53. The number of nitrogens with zero attached hydrogens (tertiary/aromatic N) is 3. The van der Waals surface area contributed by atoms with Gasteiger partial charge < -0.3 is 4.84 Å². The molecule has 0 radical (unpaired) electrons. The van der Waals surface area contributed by atoms with Gasteiger partial charge in [-0.1, -0.05) is 53.9 Å². The van der Waals surface area contributed by atoms with Crippen molar-refractivity contribution in [3.63, 3.8) is 0 Å². The molecule has 0 N–H and O–H groups in total. The summed E-state index contributed by atoms with van der Waals surface area (Å²) in [4.78, 5) is 6.98. The molecule has 4 heteroatoms. The van der Waals surface area contributed by atoms with Gasteiger partial charge in [-0.15, -0.1) is 5.10 Å². The van der Waals surface area contributed by atoms with Gasteiger partial charge in [-0.2, -0.15) is 0 Å². The molecule has 1 heterocycles. The molecule has 3 rings (SSSR count). The van der Waals surface area contributed by atoms with Gasteiger partial charge in [0, 0.05) is 5.56 Å². The van der Waals surface area contributed by atoms with Crippen LogP contribution in [0.1, 0.15) is 5.56 Å². The number of para-hydroxylation sites is 1. The summed E-state index contributed by atoms with van der Waals surface area (Å²) in [5.74, 6) is 0.534. The summed E-state index contributed by atoms with van der Waals surface area (Å²) in [5.41, 5.74) is 2.52. The van der Waals surface area contributed by atoms with E-state index in [0.717, 1.165) is 16.6 Å². The minimum Gasteiger partial charge on any atom is -0.356 e. The van der Waals surface area contributed by atoms with E-state index in [1.165, 1.54) is 4.85 Å². The lowest BCUT2D eigenvalue weighted by Gasteiger charge is -2.07. The van der Waals surface area contributed by atoms with E-state index in [9.17, 15) is 0 Å². The Hall–Kier alpha value is -2.62. The third kappa shape index (κ3) is 1.84. The van der Waals surface area contributed by atoms with Gasteiger partial charge in [-0.25, -0.2) is 0 Å². The summed E-state index contributed by atoms with van der Waals surface area (Å²) in [6.45, 7) is 3.90. The van der Waals surface area contributed by atoms with Gasteiger partial charge in [0.05, 0.1) is 0 Å². The lowest BCUT2D eigenvalue weighted by Crippen LogP contribution is -2.11. The van der Waals surface area contributed by atoms with Crippen molar-refractivity contribution in [2.45, 2.75) is 0 Å². The summed E-state index contributed by atoms with van der Waals surface area (Å²) in [6, 6.07) is 17.3. The van der Waals surface area contributed by atoms with Crippen LogP contribution >= 0.6 is 0 Å². The van der Waals surface area contributed by atoms with Gasteiger partial charge in [-0.3, -0.25) is 0 Å². The van der Waals surface area contributed by atoms with E-state index in [1.807, 2.05) is 54.6 Å². The lowest BCUT2D eigenvalue weighted by molar-refractivity contribution is 0.204. The molecule has 0 saturated heterocycles. The van der Waals surface area contributed by atoms with Crippen molar-refractivity contribution < 1.29 is 4.84 Å². The third-order valence-corrected chi connectivity index (χ3v) is 2.61. The Labute approximate surface area is 104 Å². The van der Waals surface area contributed by atoms with E-state index in [1.54, 1.807) is 0 Å². The number of fused-ring (bicyclic) bond motifs is 1. The van der Waals surface area contributed by atoms with E-state index in [2.05, 4.69) is 16.9 Å². The van der Waals surface area contributed by atoms with Crippen LogP contribution in [0.4, 0.5) is 0 Å². The minimum absolute atomic E-state index is 0.534. The van der Waals surface area contributed by atoms with E-state index in [0.29, 0.717) is 5.76 Å². The topological polar surface area (TPSA) is 39.9 Å². The smallest absolute Gasteiger partial charge is 0.158 e. The molecule has 0 aliphatic heterocycles. The molecule has 4 nitrogen and oxygen atoms in total. The molecule has 0 amide bonds. The second-order valence-corrected chi connectivity index (χ2v) is 3.83. The highest BCUT2D eigenvalue weighted by atomic mass is 16.7. The van der Waals surface area contributed by atoms with Crippen LogP contribution in [-0.4, -0.2) is 15.2 Å². The molecule has 88 valence electrons. The van der Waals surface area contributed by atoms with Crippen LogP contribution < -0.4 is 4.84 Å². The van der Waals surface area contributed by atoms with Gasteiger partial charge in [0.15, 0.2) is 5.76 Å². The van der Waals surface area contributed by atoms with Gasteiger partial charge in [0.2, 0.25) is 0 Å². The summed E-state index contributed by atoms with van der Waals surface area (Å²) in [7, 11) is 0. The van der Waals surface area contributed by atoms with Crippen LogP contribution in [0.5, 0.6) is 0 Å². The number of benzene rings is 2. The molecule has 0 atom stereocenters. The summed E-state index contributed by atoms with van der Waals surface area (Å²) < 4.78 is 0. The van der Waals surface area contributed by atoms with Crippen molar-refractivity contribution in [3.05, 3.63) is 66.7 Å². The van der Waals surface area contributed by atoms with Gasteiger partial charge in [0.1, 0.15) is 11.0 Å². The van der Waals surface area contributed by atoms with E-state index in [4.69, 9.17) is 4.84 Å². The van der Waals surface area contributed by atoms with Crippen LogP contribution in [0.25, 0.3) is 16.8 Å². The molecule has 0 aliphatic carbocycles. The Bertz CT molecular complexity index is 688. The van der Waals surface area contributed by atoms with Gasteiger partial charge in [0.25, 0.3) is 0 Å². The van der Waals surface area contributed by atoms with Crippen LogP contribution in [0, 0.1) is 0 Å². The van der Waals surface area contributed by atoms with Crippen LogP contribution in [0.3, 0.4) is 0 Å². The van der Waals surface area contributed by atoms with Crippen molar-refractivity contribution in [2.24, 2.45) is 0 Å². The number of aromatic nitrogens is 3. The van der Waals surface area contributed by atoms with Crippen LogP contribution in [0.2, 0.25) is 0 Å². The maximum absolute atomic E-state index is 5.60. The Balaban J connectivity index is 1.91. The van der Waals surface area contributed by atoms with Gasteiger partial charge >= 0.3 is 0 Å². The average Bonchev–Trinajstić information content (AvgIpc) is 2.83. The highest BCUT2D eigenvalue weighted by Crippen LogP contribution is 2.13. The van der Waals surface area contributed by atoms with Crippen LogP contribution in [0.15, 0.2) is 61.2 Å². The van der Waals surface area contributed by atoms with E-state index >= 15 is 0 Å². The fourth-order valence-electron chi connectivity index (χ4n) is 1.70. The fourth-order valence-corrected chi connectivity index (χ4v) is 1.70. The Morgan fingerprint density at radius 1 is 1.00 bits per heavy atom. The molecule has 3 aromatic rings. The summed E-state index contributed by atoms with van der Waals surface area (Å²) >= 11 is 0. The second-order valence-electron chi connectivity index (χ2n) is 3.83. The first-order valence-corrected chi connectivity index (χ1v) is 5.58. The molecule has 0 fully saturated rings. The van der Waals surface area contributed by atoms with E-state index in [-0.39, 0.29) is 0 Å². The molecule has 0 unspecified atom stereocenters. The van der Waals surface area contributed by atoms with Crippen molar-refractivity contribution >= 4 is 16.8 Å². The molecular weight excluding hydrogens is 226 g/mol. The second kappa shape index (κ2) is 4.33. The summed E-state index contributed by atoms with van der Waals surface area (Å²) in [5, 5.41) is 7.96. The van der Waals surface area contributed by atoms with Crippen molar-refractivity contribution in [3.8, 4) is 0 Å². The largest absolute Gasteiger partial charge is 0.356 e. The normalized spacial score (nSPS) is 10.4. The predicted molar refractivity (Wildman–Crippen MR) is 69.6 cm³/mol. The van der Waals surface area contributed by atoms with Gasteiger partial charge in [-0.05, 0) is 17.3 Å². The quantitative estimate of drug-likeness (QED) is 0.657. The minimum atomic E-state index is 0.534. The fraction of sp³-hybridized carbons (Fsp3) is 0. The molecular formula is C14H11N3O. The molecule has 2 aromatic carbocycles. The SMILES string of the molecule is C=C(On1nnc2ccccc21)c1ccccc1. The monoisotopic (exact) mass is 237 g/mol. The zero-order chi connectivity index (χ0) is 12.4. The number of rotatable bonds is 3. The van der Waals surface area contributed by atoms with Crippen molar-refractivity contribution in [2.75, 3.05) is 0 Å². The molecule has 0 aliphatic rings. The molecule has 0 bridgehead atoms. The highest BCUT2D eigenvalue weighted by molar-refractivity contribution is 5.73. The Morgan fingerprint density at radius 3 is 2.56 bits per heavy atom. The maximum Gasteiger partial charge on any atom is 0.158 e. The molecule has 1 aromatic heterocycles. The molecule has 0 spiro atoms. The first-order chi connectivity index (χ1) is 8.84. The zero-order valence-electron chi connectivity index (χ0n) is 9.65. The summed E-state index contributed by atoms with van der Waals surface area (Å²) in [6.07, 6.45) is 0. The van der Waals surface area contributed by atoms with Crippen LogP contribution in [-0.2, 0) is 0 Å². The predicted octanol–water partition coefficient (Wildman–Crippen LogP) is 2.53. The third-order valence-electron chi connectivity index (χ3n) is 2.61. The number of hydrogen-bond acceptors (Lipinski definition) is 3. The maximum atomic E-state index is 5.60. The average molecular weight is 237 g/mol.